The van der Waals surface area contributed by atoms with Crippen LogP contribution in [0.4, 0.5) is 0 Å². The van der Waals surface area contributed by atoms with Crippen LogP contribution in [0.2, 0.25) is 0 Å². The quantitative estimate of drug-likeness (QED) is 0.343. The third-order valence-corrected chi connectivity index (χ3v) is 6.20. The topological polar surface area (TPSA) is 83.8 Å². The van der Waals surface area contributed by atoms with E-state index in [0.29, 0.717) is 30.1 Å². The van der Waals surface area contributed by atoms with Crippen LogP contribution in [0, 0.1) is 11.8 Å². The Balaban J connectivity index is 2.02. The van der Waals surface area contributed by atoms with Crippen LogP contribution < -0.4 is 15.1 Å². The molecule has 1 fully saturated rings. The molecule has 1 unspecified atom stereocenters. The summed E-state index contributed by atoms with van der Waals surface area (Å²) in [5.74, 6) is -0.675. The third-order valence-electron chi connectivity index (χ3n) is 6.20. The summed E-state index contributed by atoms with van der Waals surface area (Å²) in [5, 5.41) is 0. The lowest BCUT2D eigenvalue weighted by molar-refractivity contribution is -0.142. The normalized spacial score (nSPS) is 19.9. The SMILES string of the molecule is CCC(C)/C=C/C=C/C=C1\CO[C@@H](c2c(OC(C)=O)c(-c3ccccc3)cn(OC(C)=O)c2=O)[C@H](C)C1. The second kappa shape index (κ2) is 13.0. The van der Waals surface area contributed by atoms with Gasteiger partial charge in [-0.15, -0.1) is 4.73 Å². The van der Waals surface area contributed by atoms with E-state index in [4.69, 9.17) is 14.3 Å². The van der Waals surface area contributed by atoms with Crippen molar-refractivity contribution in [3.05, 3.63) is 88.4 Å². The van der Waals surface area contributed by atoms with E-state index >= 15 is 0 Å². The van der Waals surface area contributed by atoms with Crippen LogP contribution in [0.5, 0.6) is 5.75 Å². The molecular formula is C30H35NO6. The molecule has 3 rings (SSSR count). The highest BCUT2D eigenvalue weighted by molar-refractivity contribution is 5.78. The molecule has 1 aromatic heterocycles. The first kappa shape index (κ1) is 27.9. The molecule has 0 bridgehead atoms. The minimum Gasteiger partial charge on any atom is -0.425 e. The molecule has 0 radical (unpaired) electrons. The van der Waals surface area contributed by atoms with Gasteiger partial charge in [0, 0.05) is 19.4 Å². The lowest BCUT2D eigenvalue weighted by atomic mass is 9.87. The van der Waals surface area contributed by atoms with Gasteiger partial charge in [0.05, 0.1) is 24.5 Å². The summed E-state index contributed by atoms with van der Waals surface area (Å²) in [6.45, 7) is 9.12. The van der Waals surface area contributed by atoms with E-state index in [0.717, 1.165) is 16.7 Å². The molecule has 1 saturated heterocycles. The number of pyridine rings is 1. The largest absolute Gasteiger partial charge is 0.425 e. The zero-order valence-corrected chi connectivity index (χ0v) is 22.1. The summed E-state index contributed by atoms with van der Waals surface area (Å²) in [4.78, 5) is 42.6. The number of aromatic nitrogens is 1. The fraction of sp³-hybridized carbons (Fsp3) is 0.367. The Morgan fingerprint density at radius 2 is 1.86 bits per heavy atom. The maximum absolute atomic E-state index is 13.5. The highest BCUT2D eigenvalue weighted by Gasteiger charge is 2.34. The van der Waals surface area contributed by atoms with Crippen LogP contribution >= 0.6 is 0 Å². The average Bonchev–Trinajstić information content (AvgIpc) is 2.86. The molecule has 0 N–H and O–H groups in total. The number of nitrogens with zero attached hydrogens (tertiary/aromatic N) is 1. The maximum atomic E-state index is 13.5. The van der Waals surface area contributed by atoms with Crippen LogP contribution in [0.3, 0.4) is 0 Å². The zero-order chi connectivity index (χ0) is 26.9. The van der Waals surface area contributed by atoms with Gasteiger partial charge in [0.25, 0.3) is 5.56 Å². The first-order valence-corrected chi connectivity index (χ1v) is 12.6. The van der Waals surface area contributed by atoms with Gasteiger partial charge in [-0.3, -0.25) is 9.59 Å². The van der Waals surface area contributed by atoms with Crippen molar-refractivity contribution in [1.29, 1.82) is 0 Å². The first-order chi connectivity index (χ1) is 17.7. The Labute approximate surface area is 218 Å². The van der Waals surface area contributed by atoms with Crippen LogP contribution in [-0.2, 0) is 14.3 Å². The van der Waals surface area contributed by atoms with E-state index < -0.39 is 23.6 Å². The maximum Gasteiger partial charge on any atom is 0.330 e. The molecule has 7 nitrogen and oxygen atoms in total. The van der Waals surface area contributed by atoms with Crippen molar-refractivity contribution in [2.24, 2.45) is 11.8 Å². The molecule has 2 heterocycles. The van der Waals surface area contributed by atoms with Crippen molar-refractivity contribution in [2.75, 3.05) is 6.61 Å². The lowest BCUT2D eigenvalue weighted by Crippen LogP contribution is -2.36. The Bertz CT molecular complexity index is 1250. The van der Waals surface area contributed by atoms with Crippen molar-refractivity contribution in [2.45, 2.75) is 53.6 Å². The van der Waals surface area contributed by atoms with Crippen LogP contribution in [0.25, 0.3) is 11.1 Å². The average molecular weight is 506 g/mol. The monoisotopic (exact) mass is 505 g/mol. The van der Waals surface area contributed by atoms with E-state index in [1.807, 2.05) is 61.6 Å². The van der Waals surface area contributed by atoms with Gasteiger partial charge in [-0.1, -0.05) is 87.9 Å². The summed E-state index contributed by atoms with van der Waals surface area (Å²) < 4.78 is 12.7. The number of hydrogen-bond donors (Lipinski definition) is 0. The van der Waals surface area contributed by atoms with Crippen molar-refractivity contribution in [1.82, 2.24) is 4.73 Å². The predicted octanol–water partition coefficient (Wildman–Crippen LogP) is 5.60. The number of benzene rings is 1. The highest BCUT2D eigenvalue weighted by Crippen LogP contribution is 2.41. The molecule has 0 spiro atoms. The summed E-state index contributed by atoms with van der Waals surface area (Å²) in [6, 6.07) is 9.16. The number of allylic oxidation sites excluding steroid dienone is 5. The molecule has 1 aromatic carbocycles. The van der Waals surface area contributed by atoms with Crippen molar-refractivity contribution in [3.8, 4) is 16.9 Å². The Kier molecular flexibility index (Phi) is 9.80. The van der Waals surface area contributed by atoms with E-state index in [1.165, 1.54) is 20.0 Å². The molecule has 0 saturated carbocycles. The second-order valence-corrected chi connectivity index (χ2v) is 9.35. The van der Waals surface area contributed by atoms with E-state index in [9.17, 15) is 14.4 Å². The summed E-state index contributed by atoms with van der Waals surface area (Å²) >= 11 is 0. The van der Waals surface area contributed by atoms with Gasteiger partial charge in [-0.05, 0) is 29.4 Å². The van der Waals surface area contributed by atoms with E-state index in [1.54, 1.807) is 0 Å². The van der Waals surface area contributed by atoms with Gasteiger partial charge in [-0.25, -0.2) is 4.79 Å². The van der Waals surface area contributed by atoms with E-state index in [-0.39, 0.29) is 17.2 Å². The van der Waals surface area contributed by atoms with Crippen molar-refractivity contribution in [3.63, 3.8) is 0 Å². The Morgan fingerprint density at radius 3 is 2.49 bits per heavy atom. The molecule has 2 aromatic rings. The minimum absolute atomic E-state index is 0.108. The number of esters is 1. The number of carbonyl (C=O) groups excluding carboxylic acids is 2. The lowest BCUT2D eigenvalue weighted by Gasteiger charge is -2.32. The van der Waals surface area contributed by atoms with Gasteiger partial charge >= 0.3 is 11.9 Å². The number of hydrogen-bond acceptors (Lipinski definition) is 6. The highest BCUT2D eigenvalue weighted by atomic mass is 16.7. The third kappa shape index (κ3) is 7.40. The van der Waals surface area contributed by atoms with Crippen molar-refractivity contribution < 1.29 is 23.9 Å². The van der Waals surface area contributed by atoms with Gasteiger partial charge in [0.2, 0.25) is 0 Å². The zero-order valence-electron chi connectivity index (χ0n) is 22.1. The summed E-state index contributed by atoms with van der Waals surface area (Å²) in [5.41, 5.74) is 1.77. The van der Waals surface area contributed by atoms with E-state index in [2.05, 4.69) is 19.9 Å². The number of ether oxygens (including phenoxy) is 2. The minimum atomic E-state index is -0.668. The van der Waals surface area contributed by atoms with Gasteiger partial charge in [0.1, 0.15) is 0 Å². The number of carbonyl (C=O) groups is 2. The molecule has 0 aliphatic carbocycles. The molecule has 1 aliphatic heterocycles. The van der Waals surface area contributed by atoms with Gasteiger partial charge in [-0.2, -0.15) is 0 Å². The molecule has 1 aliphatic rings. The van der Waals surface area contributed by atoms with Crippen LogP contribution in [0.15, 0.2) is 77.3 Å². The molecule has 0 amide bonds. The summed E-state index contributed by atoms with van der Waals surface area (Å²) in [7, 11) is 0. The standard InChI is InChI=1S/C30H35NO6/c1-6-20(2)13-9-7-10-14-24-17-21(3)28(35-19-24)27-29(36-22(4)32)26(25-15-11-8-12-16-25)18-31(30(27)34)37-23(5)33/h7-16,18,20-21,28H,6,17,19H2,1-5H3/b10-7+,13-9+,24-14-/t20?,21-,28-/m1/s1. The van der Waals surface area contributed by atoms with Gasteiger partial charge < -0.3 is 14.3 Å². The predicted molar refractivity (Wildman–Crippen MR) is 143 cm³/mol. The second-order valence-electron chi connectivity index (χ2n) is 9.35. The molecule has 7 heteroatoms. The first-order valence-electron chi connectivity index (χ1n) is 12.6. The Hall–Kier alpha value is -3.71. The Morgan fingerprint density at radius 1 is 1.14 bits per heavy atom. The molecule has 37 heavy (non-hydrogen) atoms. The van der Waals surface area contributed by atoms with Crippen LogP contribution in [-0.4, -0.2) is 23.3 Å². The summed E-state index contributed by atoms with van der Waals surface area (Å²) in [6.07, 6.45) is 12.7. The fourth-order valence-corrected chi connectivity index (χ4v) is 4.20. The molecule has 3 atom stereocenters. The van der Waals surface area contributed by atoms with Crippen LogP contribution in [0.1, 0.15) is 59.1 Å². The van der Waals surface area contributed by atoms with Gasteiger partial charge in [0.15, 0.2) is 5.75 Å². The smallest absolute Gasteiger partial charge is 0.330 e. The molecule has 196 valence electrons. The van der Waals surface area contributed by atoms with Crippen molar-refractivity contribution >= 4 is 11.9 Å². The molecular weight excluding hydrogens is 470 g/mol. The number of rotatable bonds is 8. The fourth-order valence-electron chi connectivity index (χ4n) is 4.20.